The summed E-state index contributed by atoms with van der Waals surface area (Å²) in [6.07, 6.45) is 4.76. The fourth-order valence-electron chi connectivity index (χ4n) is 2.17. The van der Waals surface area contributed by atoms with Crippen LogP contribution in [0.4, 0.5) is 0 Å². The van der Waals surface area contributed by atoms with Gasteiger partial charge in [0.2, 0.25) is 0 Å². The van der Waals surface area contributed by atoms with Crippen LogP contribution in [0, 0.1) is 6.92 Å². The Balaban J connectivity index is 1.82. The Hall–Kier alpha value is -3.15. The van der Waals surface area contributed by atoms with Gasteiger partial charge in [0.15, 0.2) is 5.76 Å². The molecule has 3 aromatic rings. The lowest BCUT2D eigenvalue weighted by atomic mass is 10.1. The lowest BCUT2D eigenvalue weighted by molar-refractivity contribution is 0.0929. The molecule has 0 spiro atoms. The Morgan fingerprint density at radius 3 is 2.95 bits per heavy atom. The van der Waals surface area contributed by atoms with Crippen molar-refractivity contribution >= 4 is 23.1 Å². The quantitative estimate of drug-likeness (QED) is 0.574. The molecule has 0 unspecified atom stereocenters. The summed E-state index contributed by atoms with van der Waals surface area (Å²) in [6, 6.07) is 8.48. The number of carbonyl (C=O) groups is 1. The van der Waals surface area contributed by atoms with Crippen LogP contribution in [0.3, 0.4) is 0 Å². The van der Waals surface area contributed by atoms with Gasteiger partial charge in [-0.15, -0.1) is 0 Å². The number of hydrogen-bond donors (Lipinski definition) is 2. The molecule has 0 atom stereocenters. The molecular weight excluding hydrogens is 282 g/mol. The van der Waals surface area contributed by atoms with Gasteiger partial charge in [0.05, 0.1) is 11.6 Å². The lowest BCUT2D eigenvalue weighted by Gasteiger charge is -1.97. The molecule has 6 heteroatoms. The molecule has 0 aliphatic rings. The van der Waals surface area contributed by atoms with Crippen molar-refractivity contribution in [1.82, 2.24) is 10.4 Å². The lowest BCUT2D eigenvalue weighted by Crippen LogP contribution is -2.17. The first kappa shape index (κ1) is 13.8. The van der Waals surface area contributed by atoms with E-state index in [0.717, 1.165) is 5.56 Å². The van der Waals surface area contributed by atoms with Gasteiger partial charge in [0.1, 0.15) is 11.3 Å². The number of aromatic hydroxyl groups is 1. The number of hydrogen-bond acceptors (Lipinski definition) is 5. The number of phenolic OH excluding ortho intramolecular Hbond substituents is 1. The average Bonchev–Trinajstić information content (AvgIpc) is 2.87. The van der Waals surface area contributed by atoms with E-state index in [1.165, 1.54) is 6.21 Å². The van der Waals surface area contributed by atoms with Gasteiger partial charge < -0.3 is 9.52 Å². The average molecular weight is 295 g/mol. The Kier molecular flexibility index (Phi) is 3.57. The number of benzene rings is 1. The van der Waals surface area contributed by atoms with Crippen LogP contribution >= 0.6 is 0 Å². The maximum absolute atomic E-state index is 12.1. The van der Waals surface area contributed by atoms with E-state index in [9.17, 15) is 9.90 Å². The first-order valence-electron chi connectivity index (χ1n) is 6.61. The first-order chi connectivity index (χ1) is 10.7. The molecule has 1 aromatic carbocycles. The van der Waals surface area contributed by atoms with E-state index >= 15 is 0 Å². The summed E-state index contributed by atoms with van der Waals surface area (Å²) in [5.41, 5.74) is 4.19. The monoisotopic (exact) mass is 295 g/mol. The summed E-state index contributed by atoms with van der Waals surface area (Å²) in [6.45, 7) is 1.71. The Morgan fingerprint density at radius 1 is 1.36 bits per heavy atom. The number of pyridine rings is 1. The second-order valence-electron chi connectivity index (χ2n) is 4.69. The molecule has 3 rings (SSSR count). The molecule has 2 aromatic heterocycles. The molecule has 110 valence electrons. The van der Waals surface area contributed by atoms with E-state index in [1.54, 1.807) is 43.6 Å². The predicted octanol–water partition coefficient (Wildman–Crippen LogP) is 2.61. The third kappa shape index (κ3) is 2.54. The second kappa shape index (κ2) is 5.69. The zero-order chi connectivity index (χ0) is 15.5. The molecule has 0 bridgehead atoms. The molecule has 0 aliphatic heterocycles. The van der Waals surface area contributed by atoms with Crippen LogP contribution in [0.1, 0.15) is 21.7 Å². The van der Waals surface area contributed by atoms with E-state index in [4.69, 9.17) is 4.42 Å². The molecule has 6 nitrogen and oxygen atoms in total. The third-order valence-corrected chi connectivity index (χ3v) is 3.20. The molecule has 0 aliphatic carbocycles. The fourth-order valence-corrected chi connectivity index (χ4v) is 2.17. The van der Waals surface area contributed by atoms with Gasteiger partial charge in [-0.25, -0.2) is 5.43 Å². The van der Waals surface area contributed by atoms with E-state index in [-0.39, 0.29) is 11.5 Å². The summed E-state index contributed by atoms with van der Waals surface area (Å²) >= 11 is 0. The van der Waals surface area contributed by atoms with Gasteiger partial charge in [-0.1, -0.05) is 12.1 Å². The van der Waals surface area contributed by atoms with Crippen molar-refractivity contribution < 1.29 is 14.3 Å². The molecule has 22 heavy (non-hydrogen) atoms. The largest absolute Gasteiger partial charge is 0.507 e. The minimum atomic E-state index is -0.478. The van der Waals surface area contributed by atoms with Crippen LogP contribution in [0.2, 0.25) is 0 Å². The molecule has 0 radical (unpaired) electrons. The number of rotatable bonds is 3. The van der Waals surface area contributed by atoms with Gasteiger partial charge in [-0.2, -0.15) is 5.10 Å². The van der Waals surface area contributed by atoms with Crippen LogP contribution in [-0.4, -0.2) is 22.2 Å². The number of nitrogens with zero attached hydrogens (tertiary/aromatic N) is 2. The Bertz CT molecular complexity index is 854. The smallest absolute Gasteiger partial charge is 0.307 e. The van der Waals surface area contributed by atoms with Gasteiger partial charge in [-0.3, -0.25) is 9.78 Å². The molecule has 1 amide bonds. The summed E-state index contributed by atoms with van der Waals surface area (Å²) in [5.74, 6) is -0.273. The normalized spacial score (nSPS) is 11.1. The van der Waals surface area contributed by atoms with Crippen molar-refractivity contribution in [2.24, 2.45) is 5.10 Å². The highest BCUT2D eigenvalue weighted by atomic mass is 16.3. The van der Waals surface area contributed by atoms with Crippen molar-refractivity contribution in [2.45, 2.75) is 6.92 Å². The Morgan fingerprint density at radius 2 is 2.23 bits per heavy atom. The van der Waals surface area contributed by atoms with Crippen LogP contribution in [0.25, 0.3) is 11.0 Å². The number of furan rings is 1. The summed E-state index contributed by atoms with van der Waals surface area (Å²) in [7, 11) is 0. The van der Waals surface area contributed by atoms with Crippen LogP contribution < -0.4 is 5.43 Å². The third-order valence-electron chi connectivity index (χ3n) is 3.20. The second-order valence-corrected chi connectivity index (χ2v) is 4.69. The number of fused-ring (bicyclic) bond motifs is 1. The minimum Gasteiger partial charge on any atom is -0.507 e. The van der Waals surface area contributed by atoms with Crippen LogP contribution in [0.15, 0.2) is 52.2 Å². The summed E-state index contributed by atoms with van der Waals surface area (Å²) in [5, 5.41) is 14.2. The predicted molar refractivity (Wildman–Crippen MR) is 81.9 cm³/mol. The molecule has 0 fully saturated rings. The van der Waals surface area contributed by atoms with Crippen molar-refractivity contribution in [2.75, 3.05) is 0 Å². The Labute approximate surface area is 126 Å². The maximum Gasteiger partial charge on any atom is 0.307 e. The zero-order valence-corrected chi connectivity index (χ0v) is 11.8. The van der Waals surface area contributed by atoms with E-state index in [0.29, 0.717) is 16.5 Å². The van der Waals surface area contributed by atoms with Gasteiger partial charge >= 0.3 is 5.91 Å². The highest BCUT2D eigenvalue weighted by Gasteiger charge is 2.19. The molecule has 0 saturated heterocycles. The van der Waals surface area contributed by atoms with Gasteiger partial charge in [0.25, 0.3) is 0 Å². The standard InChI is InChI=1S/C16H13N3O3/c1-10-14-12(20)5-2-6-13(14)22-15(10)16(21)19-18-9-11-4-3-7-17-8-11/h2-9,20H,1H3,(H,19,21)/b18-9-. The number of phenols is 1. The highest BCUT2D eigenvalue weighted by molar-refractivity contribution is 6.00. The topological polar surface area (TPSA) is 87.7 Å². The maximum atomic E-state index is 12.1. The number of nitrogens with one attached hydrogen (secondary N) is 1. The van der Waals surface area contributed by atoms with E-state index < -0.39 is 5.91 Å². The van der Waals surface area contributed by atoms with Crippen LogP contribution in [0.5, 0.6) is 5.75 Å². The molecule has 2 heterocycles. The SMILES string of the molecule is Cc1c(C(=O)N/N=C\c2cccnc2)oc2cccc(O)c12. The van der Waals surface area contributed by atoms with E-state index in [2.05, 4.69) is 15.5 Å². The highest BCUT2D eigenvalue weighted by Crippen LogP contribution is 2.32. The van der Waals surface area contributed by atoms with Crippen molar-refractivity contribution in [3.05, 3.63) is 59.6 Å². The van der Waals surface area contributed by atoms with Gasteiger partial charge in [-0.05, 0) is 25.1 Å². The van der Waals surface area contributed by atoms with Gasteiger partial charge in [0, 0.05) is 23.5 Å². The van der Waals surface area contributed by atoms with Crippen LogP contribution in [-0.2, 0) is 0 Å². The number of carbonyl (C=O) groups excluding carboxylic acids is 1. The van der Waals surface area contributed by atoms with Crippen molar-refractivity contribution in [3.8, 4) is 5.75 Å². The number of hydrazone groups is 1. The van der Waals surface area contributed by atoms with Crippen molar-refractivity contribution in [3.63, 3.8) is 0 Å². The summed E-state index contributed by atoms with van der Waals surface area (Å²) < 4.78 is 5.49. The number of aryl methyl sites for hydroxylation is 1. The first-order valence-corrected chi connectivity index (χ1v) is 6.61. The summed E-state index contributed by atoms with van der Waals surface area (Å²) in [4.78, 5) is 16.1. The molecule has 2 N–H and O–H groups in total. The molecular formula is C16H13N3O3. The van der Waals surface area contributed by atoms with E-state index in [1.807, 2.05) is 6.07 Å². The number of aromatic nitrogens is 1. The number of amides is 1. The zero-order valence-electron chi connectivity index (χ0n) is 11.8. The molecule has 0 saturated carbocycles. The minimum absolute atomic E-state index is 0.0802. The van der Waals surface area contributed by atoms with Crippen molar-refractivity contribution in [1.29, 1.82) is 0 Å². The fraction of sp³-hybridized carbons (Fsp3) is 0.0625.